The summed E-state index contributed by atoms with van der Waals surface area (Å²) in [7, 11) is 4.95. The highest BCUT2D eigenvalue weighted by Gasteiger charge is 2.26. The van der Waals surface area contributed by atoms with E-state index in [9.17, 15) is 9.59 Å². The molecule has 0 radical (unpaired) electrons. The molecule has 0 saturated heterocycles. The van der Waals surface area contributed by atoms with Crippen molar-refractivity contribution >= 4 is 34.4 Å². The zero-order chi connectivity index (χ0) is 25.5. The van der Waals surface area contributed by atoms with Crippen LogP contribution in [0.2, 0.25) is 0 Å². The van der Waals surface area contributed by atoms with E-state index in [0.717, 1.165) is 44.5 Å². The van der Waals surface area contributed by atoms with E-state index in [4.69, 9.17) is 9.47 Å². The number of benzene rings is 1. The number of fused-ring (bicyclic) bond motifs is 1. The first-order valence-corrected chi connectivity index (χ1v) is 12.6. The van der Waals surface area contributed by atoms with Crippen molar-refractivity contribution in [2.45, 2.75) is 38.8 Å². The predicted molar refractivity (Wildman–Crippen MR) is 140 cm³/mol. The number of hydrogen-bond donors (Lipinski definition) is 1. The molecule has 0 bridgehead atoms. The van der Waals surface area contributed by atoms with Gasteiger partial charge in [-0.15, -0.1) is 11.3 Å². The monoisotopic (exact) mass is 509 g/mol. The van der Waals surface area contributed by atoms with Gasteiger partial charge in [-0.1, -0.05) is 0 Å². The number of nitrogens with zero attached hydrogens (tertiary/aromatic N) is 4. The minimum Gasteiger partial charge on any atom is -0.497 e. The number of methoxy groups -OCH3 is 2. The molecule has 9 nitrogen and oxygen atoms in total. The molecule has 1 aliphatic rings. The zero-order valence-electron chi connectivity index (χ0n) is 20.8. The minimum atomic E-state index is -0.0857. The quantitative estimate of drug-likeness (QED) is 0.422. The lowest BCUT2D eigenvalue weighted by molar-refractivity contribution is -0.132. The molecular weight excluding hydrogens is 478 g/mol. The van der Waals surface area contributed by atoms with Gasteiger partial charge in [0.1, 0.15) is 16.5 Å². The summed E-state index contributed by atoms with van der Waals surface area (Å²) in [5.41, 5.74) is 3.02. The van der Waals surface area contributed by atoms with Crippen LogP contribution < -0.4 is 14.8 Å². The van der Waals surface area contributed by atoms with Gasteiger partial charge >= 0.3 is 0 Å². The number of aromatic nitrogens is 2. The molecule has 1 aliphatic heterocycles. The van der Waals surface area contributed by atoms with Crippen LogP contribution in [0.25, 0.3) is 0 Å². The maximum Gasteiger partial charge on any atom is 0.225 e. The largest absolute Gasteiger partial charge is 0.497 e. The number of aliphatic imine (C=N–C) groups is 1. The average Bonchev–Trinajstić information content (AvgIpc) is 3.53. The molecule has 3 aromatic rings. The molecule has 10 heteroatoms. The third kappa shape index (κ3) is 5.93. The third-order valence-electron chi connectivity index (χ3n) is 6.21. The molecule has 36 heavy (non-hydrogen) atoms. The lowest BCUT2D eigenvalue weighted by Crippen LogP contribution is -2.35. The fourth-order valence-electron chi connectivity index (χ4n) is 4.32. The SMILES string of the molecule is CN=Cc1c(NC(=O)CCc2cc(OC)ccc2OC)sc2c1CCN(C(=O)CCn1ccnc1)C2. The Morgan fingerprint density at radius 2 is 2.11 bits per heavy atom. The van der Waals surface area contributed by atoms with Gasteiger partial charge in [-0.25, -0.2) is 4.98 Å². The molecule has 4 rings (SSSR count). The highest BCUT2D eigenvalue weighted by atomic mass is 32.1. The number of rotatable bonds is 10. The Balaban J connectivity index is 1.41. The van der Waals surface area contributed by atoms with Crippen molar-refractivity contribution in [1.82, 2.24) is 14.5 Å². The molecule has 2 aromatic heterocycles. The molecule has 0 fully saturated rings. The standard InChI is InChI=1S/C26H31N5O4S/c1-27-15-21-20-8-12-31(25(33)9-11-30-13-10-28-17-30)16-23(20)36-26(21)29-24(32)7-4-18-14-19(34-2)5-6-22(18)35-3/h5-6,10,13-15,17H,4,7-9,11-12,16H2,1-3H3,(H,29,32). The number of carbonyl (C=O) groups excluding carboxylic acids is 2. The van der Waals surface area contributed by atoms with Gasteiger partial charge in [0.05, 0.1) is 27.1 Å². The fourth-order valence-corrected chi connectivity index (χ4v) is 5.57. The van der Waals surface area contributed by atoms with Crippen molar-refractivity contribution in [2.24, 2.45) is 4.99 Å². The number of nitrogens with one attached hydrogen (secondary N) is 1. The molecule has 2 amide bonds. The summed E-state index contributed by atoms with van der Waals surface area (Å²) >= 11 is 1.53. The van der Waals surface area contributed by atoms with Gasteiger partial charge in [-0.3, -0.25) is 14.6 Å². The molecular formula is C26H31N5O4S. The summed E-state index contributed by atoms with van der Waals surface area (Å²) in [5.74, 6) is 1.48. The molecule has 190 valence electrons. The van der Waals surface area contributed by atoms with Gasteiger partial charge in [0, 0.05) is 62.0 Å². The minimum absolute atomic E-state index is 0.0857. The molecule has 0 saturated carbocycles. The van der Waals surface area contributed by atoms with E-state index in [0.29, 0.717) is 38.9 Å². The van der Waals surface area contributed by atoms with Gasteiger partial charge < -0.3 is 24.3 Å². The number of amides is 2. The van der Waals surface area contributed by atoms with Crippen molar-refractivity contribution in [3.05, 3.63) is 58.5 Å². The van der Waals surface area contributed by atoms with Gasteiger partial charge in [0.2, 0.25) is 11.8 Å². The summed E-state index contributed by atoms with van der Waals surface area (Å²) in [6.45, 7) is 1.81. The van der Waals surface area contributed by atoms with Crippen LogP contribution in [0.15, 0.2) is 41.9 Å². The maximum absolute atomic E-state index is 12.9. The second-order valence-corrected chi connectivity index (χ2v) is 9.58. The topological polar surface area (TPSA) is 98.0 Å². The number of hydrogen-bond acceptors (Lipinski definition) is 7. The number of aryl methyl sites for hydroxylation is 2. The normalized spacial score (nSPS) is 13.0. The zero-order valence-corrected chi connectivity index (χ0v) is 21.6. The highest BCUT2D eigenvalue weighted by molar-refractivity contribution is 7.16. The van der Waals surface area contributed by atoms with E-state index in [-0.39, 0.29) is 11.8 Å². The van der Waals surface area contributed by atoms with Gasteiger partial charge in [0.15, 0.2) is 0 Å². The van der Waals surface area contributed by atoms with E-state index in [1.54, 1.807) is 40.0 Å². The highest BCUT2D eigenvalue weighted by Crippen LogP contribution is 2.36. The van der Waals surface area contributed by atoms with Crippen LogP contribution in [0.3, 0.4) is 0 Å². The van der Waals surface area contributed by atoms with Crippen molar-refractivity contribution in [3.8, 4) is 11.5 Å². The Labute approximate surface area is 214 Å². The van der Waals surface area contributed by atoms with E-state index >= 15 is 0 Å². The summed E-state index contributed by atoms with van der Waals surface area (Å²) in [6.07, 6.45) is 9.07. The molecule has 1 aromatic carbocycles. The van der Waals surface area contributed by atoms with Gasteiger partial charge in [-0.05, 0) is 42.2 Å². The second-order valence-electron chi connectivity index (χ2n) is 8.48. The molecule has 0 spiro atoms. The Hall–Kier alpha value is -3.66. The summed E-state index contributed by atoms with van der Waals surface area (Å²) < 4.78 is 12.6. The molecule has 3 heterocycles. The Morgan fingerprint density at radius 3 is 2.83 bits per heavy atom. The van der Waals surface area contributed by atoms with E-state index in [1.165, 1.54) is 11.3 Å². The first-order chi connectivity index (χ1) is 17.5. The van der Waals surface area contributed by atoms with E-state index in [2.05, 4.69) is 15.3 Å². The van der Waals surface area contributed by atoms with Crippen molar-refractivity contribution in [3.63, 3.8) is 0 Å². The maximum atomic E-state index is 12.9. The smallest absolute Gasteiger partial charge is 0.225 e. The number of ether oxygens (including phenoxy) is 2. The molecule has 0 unspecified atom stereocenters. The van der Waals surface area contributed by atoms with Crippen LogP contribution in [0, 0.1) is 0 Å². The first-order valence-electron chi connectivity index (χ1n) is 11.8. The predicted octanol–water partition coefficient (Wildman–Crippen LogP) is 3.56. The summed E-state index contributed by atoms with van der Waals surface area (Å²) in [5, 5.41) is 3.86. The van der Waals surface area contributed by atoms with Crippen LogP contribution in [-0.4, -0.2) is 60.3 Å². The van der Waals surface area contributed by atoms with E-state index in [1.807, 2.05) is 33.9 Å². The number of anilines is 1. The average molecular weight is 510 g/mol. The van der Waals surface area contributed by atoms with Crippen molar-refractivity contribution < 1.29 is 19.1 Å². The molecule has 0 atom stereocenters. The van der Waals surface area contributed by atoms with Crippen LogP contribution >= 0.6 is 11.3 Å². The molecule has 0 aliphatic carbocycles. The summed E-state index contributed by atoms with van der Waals surface area (Å²) in [6, 6.07) is 5.57. The third-order valence-corrected chi connectivity index (χ3v) is 7.36. The van der Waals surface area contributed by atoms with Gasteiger partial charge in [0.25, 0.3) is 0 Å². The Kier molecular flexibility index (Phi) is 8.37. The number of carbonyl (C=O) groups is 2. The van der Waals surface area contributed by atoms with Crippen LogP contribution in [0.1, 0.15) is 34.4 Å². The Bertz CT molecular complexity index is 1240. The second kappa shape index (κ2) is 11.9. The van der Waals surface area contributed by atoms with Crippen LogP contribution in [0.5, 0.6) is 11.5 Å². The lowest BCUT2D eigenvalue weighted by atomic mass is 10.0. The van der Waals surface area contributed by atoms with Gasteiger partial charge in [-0.2, -0.15) is 0 Å². The number of thiophene rings is 1. The summed E-state index contributed by atoms with van der Waals surface area (Å²) in [4.78, 5) is 36.9. The first kappa shape index (κ1) is 25.4. The molecule has 1 N–H and O–H groups in total. The number of imidazole rings is 1. The van der Waals surface area contributed by atoms with Crippen LogP contribution in [0.4, 0.5) is 5.00 Å². The van der Waals surface area contributed by atoms with E-state index < -0.39 is 0 Å². The van der Waals surface area contributed by atoms with Crippen molar-refractivity contribution in [2.75, 3.05) is 33.1 Å². The lowest BCUT2D eigenvalue weighted by Gasteiger charge is -2.27. The van der Waals surface area contributed by atoms with Crippen LogP contribution in [-0.2, 0) is 35.5 Å². The fraction of sp³-hybridized carbons (Fsp3) is 0.385. The van der Waals surface area contributed by atoms with Crippen molar-refractivity contribution in [1.29, 1.82) is 0 Å². The Morgan fingerprint density at radius 1 is 1.25 bits per heavy atom.